The molecule has 2 aromatic heterocycles. The Morgan fingerprint density at radius 2 is 2.26 bits per heavy atom. The van der Waals surface area contributed by atoms with E-state index >= 15 is 0 Å². The van der Waals surface area contributed by atoms with Crippen molar-refractivity contribution in [2.24, 2.45) is 0 Å². The molecule has 0 unspecified atom stereocenters. The van der Waals surface area contributed by atoms with Crippen LogP contribution >= 0.6 is 22.9 Å². The lowest BCUT2D eigenvalue weighted by molar-refractivity contribution is 0.102. The fraction of sp³-hybridized carbons (Fsp3) is 0.176. The van der Waals surface area contributed by atoms with Crippen LogP contribution < -0.4 is 5.32 Å². The molecule has 2 N–H and O–H groups in total. The molecule has 4 nitrogen and oxygen atoms in total. The van der Waals surface area contributed by atoms with Gasteiger partial charge in [0.2, 0.25) is 0 Å². The number of anilines is 1. The second-order valence-electron chi connectivity index (χ2n) is 5.51. The molecular formula is C17H12ClN3OS. The van der Waals surface area contributed by atoms with Gasteiger partial charge >= 0.3 is 0 Å². The Morgan fingerprint density at radius 1 is 1.39 bits per heavy atom. The Kier molecular flexibility index (Phi) is 3.37. The van der Waals surface area contributed by atoms with Gasteiger partial charge < -0.3 is 10.3 Å². The van der Waals surface area contributed by atoms with Crippen LogP contribution in [-0.4, -0.2) is 10.9 Å². The Morgan fingerprint density at radius 3 is 3.04 bits per heavy atom. The Labute approximate surface area is 141 Å². The van der Waals surface area contributed by atoms with Crippen molar-refractivity contribution in [1.29, 1.82) is 5.26 Å². The van der Waals surface area contributed by atoms with Crippen molar-refractivity contribution in [2.45, 2.75) is 19.3 Å². The number of benzene rings is 1. The number of para-hydroxylation sites is 1. The van der Waals surface area contributed by atoms with Gasteiger partial charge in [0, 0.05) is 10.3 Å². The highest BCUT2D eigenvalue weighted by molar-refractivity contribution is 7.16. The Balaban J connectivity index is 1.68. The van der Waals surface area contributed by atoms with E-state index in [0.29, 0.717) is 21.3 Å². The van der Waals surface area contributed by atoms with E-state index in [4.69, 9.17) is 11.6 Å². The molecule has 114 valence electrons. The van der Waals surface area contributed by atoms with E-state index in [2.05, 4.69) is 16.4 Å². The van der Waals surface area contributed by atoms with Crippen LogP contribution in [-0.2, 0) is 12.8 Å². The van der Waals surface area contributed by atoms with E-state index in [-0.39, 0.29) is 5.91 Å². The Hall–Kier alpha value is -2.29. The monoisotopic (exact) mass is 341 g/mol. The van der Waals surface area contributed by atoms with E-state index in [1.165, 1.54) is 16.2 Å². The first kappa shape index (κ1) is 14.3. The number of rotatable bonds is 2. The number of H-pyrrole nitrogens is 1. The first-order chi connectivity index (χ1) is 11.2. The van der Waals surface area contributed by atoms with Crippen LogP contribution in [0.15, 0.2) is 24.3 Å². The summed E-state index contributed by atoms with van der Waals surface area (Å²) in [6.45, 7) is 0. The normalized spacial score (nSPS) is 13.0. The third kappa shape index (κ3) is 2.31. The molecule has 1 amide bonds. The number of nitrogens with zero attached hydrogens (tertiary/aromatic N) is 1. The third-order valence-corrected chi connectivity index (χ3v) is 5.63. The van der Waals surface area contributed by atoms with Crippen molar-refractivity contribution in [3.05, 3.63) is 51.0 Å². The second-order valence-corrected chi connectivity index (χ2v) is 7.03. The average Bonchev–Trinajstić information content (AvgIpc) is 3.20. The minimum absolute atomic E-state index is 0.256. The summed E-state index contributed by atoms with van der Waals surface area (Å²) in [5.41, 5.74) is 2.90. The number of carbonyl (C=O) groups is 1. The summed E-state index contributed by atoms with van der Waals surface area (Å²) in [5.74, 6) is -0.256. The molecule has 0 radical (unpaired) electrons. The first-order valence-electron chi connectivity index (χ1n) is 7.30. The van der Waals surface area contributed by atoms with Crippen molar-refractivity contribution in [1.82, 2.24) is 4.98 Å². The molecule has 23 heavy (non-hydrogen) atoms. The summed E-state index contributed by atoms with van der Waals surface area (Å²) >= 11 is 7.64. The molecule has 1 aromatic carbocycles. The van der Waals surface area contributed by atoms with Crippen LogP contribution in [0.2, 0.25) is 5.02 Å². The second kappa shape index (κ2) is 5.41. The highest BCUT2D eigenvalue weighted by Gasteiger charge is 2.23. The summed E-state index contributed by atoms with van der Waals surface area (Å²) in [7, 11) is 0. The van der Waals surface area contributed by atoms with E-state index in [1.54, 1.807) is 12.1 Å². The van der Waals surface area contributed by atoms with Crippen LogP contribution in [0.5, 0.6) is 0 Å². The van der Waals surface area contributed by atoms with Crippen LogP contribution in [0, 0.1) is 11.3 Å². The smallest absolute Gasteiger partial charge is 0.272 e. The predicted molar refractivity (Wildman–Crippen MR) is 92.3 cm³/mol. The van der Waals surface area contributed by atoms with E-state index in [1.807, 2.05) is 12.1 Å². The zero-order valence-electron chi connectivity index (χ0n) is 12.1. The first-order valence-corrected chi connectivity index (χ1v) is 8.50. The number of nitriles is 1. The molecule has 0 bridgehead atoms. The molecule has 3 aromatic rings. The summed E-state index contributed by atoms with van der Waals surface area (Å²) in [5, 5.41) is 14.4. The number of aromatic amines is 1. The standard InChI is InChI=1S/C17H12ClN3OS/c18-12-5-1-3-9-7-13(20-15(9)12)16(22)21-17-11(8-19)10-4-2-6-14(10)23-17/h1,3,5,7,20H,2,4,6H2,(H,21,22). The molecule has 0 saturated carbocycles. The number of fused-ring (bicyclic) bond motifs is 2. The Bertz CT molecular complexity index is 980. The summed E-state index contributed by atoms with van der Waals surface area (Å²) in [6, 6.07) is 9.52. The van der Waals surface area contributed by atoms with Gasteiger partial charge in [-0.3, -0.25) is 4.79 Å². The maximum atomic E-state index is 12.5. The van der Waals surface area contributed by atoms with Gasteiger partial charge in [-0.2, -0.15) is 5.26 Å². The fourth-order valence-corrected chi connectivity index (χ4v) is 4.49. The zero-order chi connectivity index (χ0) is 16.0. The lowest BCUT2D eigenvalue weighted by atomic mass is 10.1. The average molecular weight is 342 g/mol. The molecule has 0 saturated heterocycles. The molecule has 0 spiro atoms. The van der Waals surface area contributed by atoms with Crippen LogP contribution in [0.3, 0.4) is 0 Å². The van der Waals surface area contributed by atoms with Crippen LogP contribution in [0.25, 0.3) is 10.9 Å². The number of nitrogens with one attached hydrogen (secondary N) is 2. The van der Waals surface area contributed by atoms with Gasteiger partial charge in [-0.25, -0.2) is 0 Å². The van der Waals surface area contributed by atoms with Crippen molar-refractivity contribution >= 4 is 44.7 Å². The minimum atomic E-state index is -0.256. The highest BCUT2D eigenvalue weighted by atomic mass is 35.5. The zero-order valence-corrected chi connectivity index (χ0v) is 13.6. The van der Waals surface area contributed by atoms with Gasteiger partial charge in [-0.15, -0.1) is 11.3 Å². The lowest BCUT2D eigenvalue weighted by Gasteiger charge is -2.02. The predicted octanol–water partition coefficient (Wildman–Crippen LogP) is 4.50. The van der Waals surface area contributed by atoms with Gasteiger partial charge in [0.1, 0.15) is 16.8 Å². The number of hydrogen-bond donors (Lipinski definition) is 2. The number of aryl methyl sites for hydroxylation is 1. The summed E-state index contributed by atoms with van der Waals surface area (Å²) in [6.07, 6.45) is 3.00. The molecule has 6 heteroatoms. The third-order valence-electron chi connectivity index (χ3n) is 4.11. The van der Waals surface area contributed by atoms with E-state index in [0.717, 1.165) is 35.7 Å². The molecular weight excluding hydrogens is 330 g/mol. The SMILES string of the molecule is N#Cc1c(NC(=O)c2cc3cccc(Cl)c3[nH]2)sc2c1CCC2. The number of aromatic nitrogens is 1. The molecule has 0 atom stereocenters. The van der Waals surface area contributed by atoms with Gasteiger partial charge in [0.15, 0.2) is 0 Å². The lowest BCUT2D eigenvalue weighted by Crippen LogP contribution is -2.12. The minimum Gasteiger partial charge on any atom is -0.349 e. The van der Waals surface area contributed by atoms with E-state index < -0.39 is 0 Å². The molecule has 1 aliphatic carbocycles. The number of halogens is 1. The number of carbonyl (C=O) groups excluding carboxylic acids is 1. The number of hydrogen-bond acceptors (Lipinski definition) is 3. The van der Waals surface area contributed by atoms with E-state index in [9.17, 15) is 10.1 Å². The highest BCUT2D eigenvalue weighted by Crippen LogP contribution is 2.38. The van der Waals surface area contributed by atoms with Crippen molar-refractivity contribution in [3.63, 3.8) is 0 Å². The van der Waals surface area contributed by atoms with Gasteiger partial charge in [0.05, 0.1) is 16.1 Å². The topological polar surface area (TPSA) is 68.7 Å². The molecule has 4 rings (SSSR count). The number of amides is 1. The summed E-state index contributed by atoms with van der Waals surface area (Å²) in [4.78, 5) is 16.8. The van der Waals surface area contributed by atoms with Crippen LogP contribution in [0.1, 0.15) is 32.9 Å². The largest absolute Gasteiger partial charge is 0.349 e. The van der Waals surface area contributed by atoms with Gasteiger partial charge in [-0.05, 0) is 37.0 Å². The quantitative estimate of drug-likeness (QED) is 0.720. The maximum absolute atomic E-state index is 12.5. The van der Waals surface area contributed by atoms with Crippen LogP contribution in [0.4, 0.5) is 5.00 Å². The fourth-order valence-electron chi connectivity index (χ4n) is 3.02. The molecule has 1 aliphatic rings. The molecule has 0 aliphatic heterocycles. The van der Waals surface area contributed by atoms with Crippen molar-refractivity contribution in [3.8, 4) is 6.07 Å². The van der Waals surface area contributed by atoms with Crippen molar-refractivity contribution < 1.29 is 4.79 Å². The van der Waals surface area contributed by atoms with Gasteiger partial charge in [-0.1, -0.05) is 23.7 Å². The van der Waals surface area contributed by atoms with Crippen molar-refractivity contribution in [2.75, 3.05) is 5.32 Å². The molecule has 2 heterocycles. The number of thiophene rings is 1. The molecule has 0 fully saturated rings. The van der Waals surface area contributed by atoms with Gasteiger partial charge in [0.25, 0.3) is 5.91 Å². The maximum Gasteiger partial charge on any atom is 0.272 e. The summed E-state index contributed by atoms with van der Waals surface area (Å²) < 4.78 is 0.